The van der Waals surface area contributed by atoms with E-state index in [0.29, 0.717) is 23.7 Å². The van der Waals surface area contributed by atoms with Gasteiger partial charge in [0, 0.05) is 34.9 Å². The molecule has 0 bridgehead atoms. The molecule has 3 aromatic rings. The van der Waals surface area contributed by atoms with Gasteiger partial charge < -0.3 is 10.2 Å². The highest BCUT2D eigenvalue weighted by atomic mass is 35.5. The van der Waals surface area contributed by atoms with Crippen LogP contribution in [0.2, 0.25) is 5.02 Å². The number of halogens is 1. The van der Waals surface area contributed by atoms with Gasteiger partial charge in [-0.25, -0.2) is 0 Å². The highest BCUT2D eigenvalue weighted by Gasteiger charge is 2.26. The van der Waals surface area contributed by atoms with E-state index in [9.17, 15) is 9.59 Å². The molecule has 0 fully saturated rings. The smallest absolute Gasteiger partial charge is 0.258 e. The molecule has 0 spiro atoms. The van der Waals surface area contributed by atoms with E-state index in [1.807, 2.05) is 54.3 Å². The molecule has 0 aromatic heterocycles. The molecule has 0 radical (unpaired) electrons. The van der Waals surface area contributed by atoms with Crippen molar-refractivity contribution in [3.8, 4) is 0 Å². The van der Waals surface area contributed by atoms with E-state index in [1.165, 1.54) is 0 Å². The van der Waals surface area contributed by atoms with Gasteiger partial charge in [0.2, 0.25) is 0 Å². The van der Waals surface area contributed by atoms with Crippen LogP contribution in [-0.4, -0.2) is 18.4 Å². The van der Waals surface area contributed by atoms with E-state index in [1.54, 1.807) is 24.3 Å². The summed E-state index contributed by atoms with van der Waals surface area (Å²) in [4.78, 5) is 27.3. The van der Waals surface area contributed by atoms with Crippen LogP contribution in [0.5, 0.6) is 0 Å². The number of anilines is 1. The number of amides is 2. The van der Waals surface area contributed by atoms with Crippen molar-refractivity contribution in [2.24, 2.45) is 0 Å². The van der Waals surface area contributed by atoms with Crippen molar-refractivity contribution < 1.29 is 9.59 Å². The quantitative estimate of drug-likeness (QED) is 0.680. The summed E-state index contributed by atoms with van der Waals surface area (Å²) in [5.74, 6) is -0.164. The van der Waals surface area contributed by atoms with Crippen LogP contribution < -0.4 is 10.2 Å². The van der Waals surface area contributed by atoms with Crippen LogP contribution in [-0.2, 0) is 13.0 Å². The van der Waals surface area contributed by atoms with Crippen LogP contribution >= 0.6 is 11.6 Å². The lowest BCUT2D eigenvalue weighted by molar-refractivity contribution is 0.0949. The van der Waals surface area contributed by atoms with E-state index >= 15 is 0 Å². The second kappa shape index (κ2) is 8.10. The Balaban J connectivity index is 1.51. The Bertz CT molecular complexity index is 1090. The van der Waals surface area contributed by atoms with Crippen LogP contribution in [0.4, 0.5) is 5.69 Å². The number of nitrogens with one attached hydrogen (secondary N) is 1. The van der Waals surface area contributed by atoms with Crippen molar-refractivity contribution in [3.05, 3.63) is 99.6 Å². The lowest BCUT2D eigenvalue weighted by Crippen LogP contribution is -2.29. The van der Waals surface area contributed by atoms with Gasteiger partial charge in [0.25, 0.3) is 11.8 Å². The van der Waals surface area contributed by atoms with Crippen LogP contribution in [0.15, 0.2) is 66.7 Å². The molecule has 1 N–H and O–H groups in total. The molecular weight excluding hydrogens is 384 g/mol. The molecule has 4 nitrogen and oxygen atoms in total. The first-order chi connectivity index (χ1) is 14.0. The van der Waals surface area contributed by atoms with Gasteiger partial charge in [-0.05, 0) is 60.4 Å². The van der Waals surface area contributed by atoms with E-state index < -0.39 is 0 Å². The van der Waals surface area contributed by atoms with Gasteiger partial charge in [-0.15, -0.1) is 0 Å². The average Bonchev–Trinajstić information content (AvgIpc) is 3.15. The molecule has 4 rings (SSSR count). The van der Waals surface area contributed by atoms with Crippen molar-refractivity contribution in [2.75, 3.05) is 11.4 Å². The molecule has 1 aliphatic heterocycles. The third-order valence-electron chi connectivity index (χ3n) is 5.21. The Hall–Kier alpha value is -3.11. The molecular formula is C24H21ClN2O2. The molecule has 146 valence electrons. The monoisotopic (exact) mass is 404 g/mol. The zero-order valence-corrected chi connectivity index (χ0v) is 16.9. The lowest BCUT2D eigenvalue weighted by Gasteiger charge is -2.19. The summed E-state index contributed by atoms with van der Waals surface area (Å²) in [6.45, 7) is 3.00. The van der Waals surface area contributed by atoms with Crippen LogP contribution in [0, 0.1) is 6.92 Å². The van der Waals surface area contributed by atoms with E-state index in [2.05, 4.69) is 5.32 Å². The van der Waals surface area contributed by atoms with Gasteiger partial charge in [0.1, 0.15) is 0 Å². The summed E-state index contributed by atoms with van der Waals surface area (Å²) in [5, 5.41) is 3.45. The first kappa shape index (κ1) is 19.2. The van der Waals surface area contributed by atoms with Gasteiger partial charge in [-0.2, -0.15) is 0 Å². The molecule has 5 heteroatoms. The highest BCUT2D eigenvalue weighted by Crippen LogP contribution is 2.31. The molecule has 2 amide bonds. The third kappa shape index (κ3) is 4.03. The van der Waals surface area contributed by atoms with Gasteiger partial charge >= 0.3 is 0 Å². The standard InChI is InChI=1S/C24H21ClN2O2/c1-16-5-2-3-8-21(16)24(29)27-12-11-18-10-9-17(13-22(18)27)15-26-23(28)19-6-4-7-20(25)14-19/h2-10,13-14H,11-12,15H2,1H3,(H,26,28). The fourth-order valence-electron chi connectivity index (χ4n) is 3.62. The largest absolute Gasteiger partial charge is 0.348 e. The fourth-order valence-corrected chi connectivity index (χ4v) is 3.81. The predicted octanol–water partition coefficient (Wildman–Crippen LogP) is 4.78. The molecule has 0 aliphatic carbocycles. The van der Waals surface area contributed by atoms with Crippen molar-refractivity contribution in [1.82, 2.24) is 5.32 Å². The number of rotatable bonds is 4. The maximum Gasteiger partial charge on any atom is 0.258 e. The molecule has 1 aliphatic rings. The van der Waals surface area contributed by atoms with E-state index in [0.717, 1.165) is 34.4 Å². The minimum absolute atomic E-state index is 0.0157. The predicted molar refractivity (Wildman–Crippen MR) is 116 cm³/mol. The Morgan fingerprint density at radius 1 is 1.03 bits per heavy atom. The number of aryl methyl sites for hydroxylation is 1. The van der Waals surface area contributed by atoms with Gasteiger partial charge in [0.15, 0.2) is 0 Å². The number of nitrogens with zero attached hydrogens (tertiary/aromatic N) is 1. The second-order valence-corrected chi connectivity index (χ2v) is 7.61. The highest BCUT2D eigenvalue weighted by molar-refractivity contribution is 6.30. The Kier molecular flexibility index (Phi) is 5.36. The zero-order chi connectivity index (χ0) is 20.4. The van der Waals surface area contributed by atoms with Crippen LogP contribution in [0.25, 0.3) is 0 Å². The molecule has 0 atom stereocenters. The number of hydrogen-bond donors (Lipinski definition) is 1. The second-order valence-electron chi connectivity index (χ2n) is 7.18. The molecule has 0 saturated carbocycles. The number of carbonyl (C=O) groups excluding carboxylic acids is 2. The number of benzene rings is 3. The SMILES string of the molecule is Cc1ccccc1C(=O)N1CCc2ccc(CNC(=O)c3cccc(Cl)c3)cc21. The summed E-state index contributed by atoms with van der Waals surface area (Å²) in [7, 11) is 0. The summed E-state index contributed by atoms with van der Waals surface area (Å²) < 4.78 is 0. The van der Waals surface area contributed by atoms with Crippen molar-refractivity contribution >= 4 is 29.1 Å². The Labute approximate surface area is 175 Å². The van der Waals surface area contributed by atoms with Crippen molar-refractivity contribution in [3.63, 3.8) is 0 Å². The maximum atomic E-state index is 13.1. The fraction of sp³-hybridized carbons (Fsp3) is 0.167. The molecule has 29 heavy (non-hydrogen) atoms. The van der Waals surface area contributed by atoms with Crippen LogP contribution in [0.1, 0.15) is 37.4 Å². The molecule has 0 unspecified atom stereocenters. The Morgan fingerprint density at radius 2 is 1.86 bits per heavy atom. The number of carbonyl (C=O) groups is 2. The average molecular weight is 405 g/mol. The van der Waals surface area contributed by atoms with Crippen LogP contribution in [0.3, 0.4) is 0 Å². The minimum atomic E-state index is -0.180. The summed E-state index contributed by atoms with van der Waals surface area (Å²) in [6.07, 6.45) is 0.835. The van der Waals surface area contributed by atoms with Gasteiger partial charge in [-0.1, -0.05) is 48.0 Å². The summed E-state index contributed by atoms with van der Waals surface area (Å²) in [6, 6.07) is 20.5. The maximum absolute atomic E-state index is 13.1. The van der Waals surface area contributed by atoms with E-state index in [4.69, 9.17) is 11.6 Å². The summed E-state index contributed by atoms with van der Waals surface area (Å²) in [5.41, 5.74) is 5.24. The molecule has 1 heterocycles. The third-order valence-corrected chi connectivity index (χ3v) is 5.44. The van der Waals surface area contributed by atoms with Gasteiger partial charge in [0.05, 0.1) is 0 Å². The normalized spacial score (nSPS) is 12.6. The molecule has 0 saturated heterocycles. The first-order valence-corrected chi connectivity index (χ1v) is 9.94. The number of fused-ring (bicyclic) bond motifs is 1. The van der Waals surface area contributed by atoms with Crippen molar-refractivity contribution in [2.45, 2.75) is 19.9 Å². The lowest BCUT2D eigenvalue weighted by atomic mass is 10.1. The summed E-state index contributed by atoms with van der Waals surface area (Å²) >= 11 is 5.96. The van der Waals surface area contributed by atoms with Crippen molar-refractivity contribution in [1.29, 1.82) is 0 Å². The van der Waals surface area contributed by atoms with Gasteiger partial charge in [-0.3, -0.25) is 9.59 Å². The first-order valence-electron chi connectivity index (χ1n) is 9.56. The zero-order valence-electron chi connectivity index (χ0n) is 16.1. The topological polar surface area (TPSA) is 49.4 Å². The molecule has 3 aromatic carbocycles. The Morgan fingerprint density at radius 3 is 2.66 bits per heavy atom. The minimum Gasteiger partial charge on any atom is -0.348 e. The van der Waals surface area contributed by atoms with E-state index in [-0.39, 0.29) is 11.8 Å². The number of hydrogen-bond acceptors (Lipinski definition) is 2.